The van der Waals surface area contributed by atoms with Crippen LogP contribution in [0.2, 0.25) is 0 Å². The lowest BCUT2D eigenvalue weighted by Crippen LogP contribution is -2.30. The molecule has 2 aromatic rings. The van der Waals surface area contributed by atoms with Gasteiger partial charge in [-0.05, 0) is 24.3 Å². The molecule has 0 aromatic heterocycles. The number of nitrogens with zero attached hydrogens (tertiary/aromatic N) is 2. The van der Waals surface area contributed by atoms with Crippen LogP contribution in [-0.2, 0) is 0 Å². The second-order valence-corrected chi connectivity index (χ2v) is 4.83. The summed E-state index contributed by atoms with van der Waals surface area (Å²) in [6, 6.07) is 12.9. The van der Waals surface area contributed by atoms with Crippen molar-refractivity contribution in [2.45, 2.75) is 6.17 Å². The minimum atomic E-state index is -0.0713. The molecule has 4 nitrogen and oxygen atoms in total. The van der Waals surface area contributed by atoms with Crippen molar-refractivity contribution in [3.63, 3.8) is 0 Å². The molecule has 0 unspecified atom stereocenters. The van der Waals surface area contributed by atoms with Gasteiger partial charge in [-0.25, -0.2) is 0 Å². The van der Waals surface area contributed by atoms with E-state index in [1.54, 1.807) is 12.1 Å². The first-order valence-corrected chi connectivity index (χ1v) is 6.16. The number of phenols is 2. The quantitative estimate of drug-likeness (QED) is 0.823. The molecule has 98 valence electrons. The molecule has 0 atom stereocenters. The molecule has 0 amide bonds. The van der Waals surface area contributed by atoms with Crippen molar-refractivity contribution in [2.24, 2.45) is 0 Å². The molecule has 3 rings (SSSR count). The maximum atomic E-state index is 10.1. The first-order valence-electron chi connectivity index (χ1n) is 6.16. The maximum Gasteiger partial charge on any atom is 0.131 e. The molecule has 1 heterocycles. The number of hydrogen-bond acceptors (Lipinski definition) is 4. The molecule has 1 aliphatic heterocycles. The van der Waals surface area contributed by atoms with Gasteiger partial charge in [-0.1, -0.05) is 12.1 Å². The molecule has 0 fully saturated rings. The summed E-state index contributed by atoms with van der Waals surface area (Å²) in [7, 11) is 4.00. The molecule has 0 saturated heterocycles. The van der Waals surface area contributed by atoms with E-state index in [1.807, 2.05) is 26.2 Å². The van der Waals surface area contributed by atoms with Gasteiger partial charge in [0.15, 0.2) is 0 Å². The average molecular weight is 256 g/mol. The van der Waals surface area contributed by atoms with Crippen molar-refractivity contribution in [3.05, 3.63) is 48.0 Å². The Labute approximate surface area is 112 Å². The Morgan fingerprint density at radius 1 is 0.895 bits per heavy atom. The van der Waals surface area contributed by atoms with Crippen LogP contribution in [0.1, 0.15) is 11.7 Å². The lowest BCUT2D eigenvalue weighted by molar-refractivity contribution is 0.441. The van der Waals surface area contributed by atoms with Gasteiger partial charge < -0.3 is 20.0 Å². The lowest BCUT2D eigenvalue weighted by Gasteiger charge is -2.28. The van der Waals surface area contributed by atoms with E-state index in [0.29, 0.717) is 0 Å². The van der Waals surface area contributed by atoms with E-state index < -0.39 is 0 Å². The van der Waals surface area contributed by atoms with E-state index in [1.165, 1.54) is 6.07 Å². The first kappa shape index (κ1) is 11.7. The third-order valence-electron chi connectivity index (χ3n) is 3.67. The summed E-state index contributed by atoms with van der Waals surface area (Å²) < 4.78 is 0. The molecule has 0 bridgehead atoms. The fourth-order valence-corrected chi connectivity index (χ4v) is 2.75. The van der Waals surface area contributed by atoms with Crippen LogP contribution in [0.5, 0.6) is 11.5 Å². The number of rotatable bonds is 1. The molecule has 1 aliphatic rings. The normalized spacial score (nSPS) is 14.8. The van der Waals surface area contributed by atoms with Crippen molar-refractivity contribution in [1.82, 2.24) is 0 Å². The zero-order valence-corrected chi connectivity index (χ0v) is 10.9. The second kappa shape index (κ2) is 4.09. The molecule has 2 aromatic carbocycles. The Hall–Kier alpha value is -2.36. The number of phenolic OH excluding ortho intramolecular Hbond substituents is 2. The van der Waals surface area contributed by atoms with Crippen LogP contribution in [-0.4, -0.2) is 24.3 Å². The van der Waals surface area contributed by atoms with Crippen LogP contribution in [0.15, 0.2) is 42.5 Å². The van der Waals surface area contributed by atoms with Crippen LogP contribution < -0.4 is 9.80 Å². The van der Waals surface area contributed by atoms with Crippen molar-refractivity contribution in [2.75, 3.05) is 23.9 Å². The zero-order valence-electron chi connectivity index (χ0n) is 10.9. The Balaban J connectivity index is 2.08. The number of anilines is 2. The van der Waals surface area contributed by atoms with Gasteiger partial charge in [-0.2, -0.15) is 0 Å². The summed E-state index contributed by atoms with van der Waals surface area (Å²) in [5.74, 6) is 0.179. The predicted octanol–water partition coefficient (Wildman–Crippen LogP) is 2.68. The molecule has 0 spiro atoms. The van der Waals surface area contributed by atoms with Crippen molar-refractivity contribution >= 4 is 11.4 Å². The fraction of sp³-hybridized carbons (Fsp3) is 0.200. The minimum Gasteiger partial charge on any atom is -0.508 e. The van der Waals surface area contributed by atoms with Gasteiger partial charge in [-0.3, -0.25) is 0 Å². The monoisotopic (exact) mass is 256 g/mol. The van der Waals surface area contributed by atoms with E-state index in [-0.39, 0.29) is 17.7 Å². The Morgan fingerprint density at radius 2 is 1.47 bits per heavy atom. The highest BCUT2D eigenvalue weighted by Gasteiger charge is 2.33. The van der Waals surface area contributed by atoms with E-state index in [9.17, 15) is 10.2 Å². The van der Waals surface area contributed by atoms with Crippen molar-refractivity contribution in [3.8, 4) is 11.5 Å². The largest absolute Gasteiger partial charge is 0.508 e. The zero-order chi connectivity index (χ0) is 13.6. The third kappa shape index (κ3) is 1.68. The van der Waals surface area contributed by atoms with E-state index >= 15 is 0 Å². The van der Waals surface area contributed by atoms with Crippen LogP contribution in [0.4, 0.5) is 11.4 Å². The van der Waals surface area contributed by atoms with Gasteiger partial charge in [0.2, 0.25) is 0 Å². The third-order valence-corrected chi connectivity index (χ3v) is 3.67. The maximum absolute atomic E-state index is 10.1. The molecule has 2 N–H and O–H groups in total. The summed E-state index contributed by atoms with van der Waals surface area (Å²) in [6.45, 7) is 0. The molecule has 0 radical (unpaired) electrons. The van der Waals surface area contributed by atoms with Crippen molar-refractivity contribution < 1.29 is 10.2 Å². The molecular weight excluding hydrogens is 240 g/mol. The highest BCUT2D eigenvalue weighted by atomic mass is 16.3. The summed E-state index contributed by atoms with van der Waals surface area (Å²) in [4.78, 5) is 4.23. The van der Waals surface area contributed by atoms with Crippen LogP contribution >= 0.6 is 0 Å². The highest BCUT2D eigenvalue weighted by Crippen LogP contribution is 2.46. The Bertz CT molecular complexity index is 598. The molecule has 0 aliphatic carbocycles. The fourth-order valence-electron chi connectivity index (χ4n) is 2.75. The van der Waals surface area contributed by atoms with Crippen LogP contribution in [0, 0.1) is 0 Å². The van der Waals surface area contributed by atoms with Gasteiger partial charge >= 0.3 is 0 Å². The van der Waals surface area contributed by atoms with Gasteiger partial charge in [0.05, 0.1) is 11.4 Å². The topological polar surface area (TPSA) is 46.9 Å². The Kier molecular flexibility index (Phi) is 2.52. The number of hydrogen-bond donors (Lipinski definition) is 2. The van der Waals surface area contributed by atoms with E-state index in [4.69, 9.17) is 0 Å². The van der Waals surface area contributed by atoms with E-state index in [0.717, 1.165) is 16.9 Å². The standard InChI is InChI=1S/C15H16N2O2/c1-16-12-5-3-4-6-13(12)17(2)15(16)11-8-7-10(18)9-14(11)19/h3-9,15,18-19H,1-2H3. The molecule has 0 saturated carbocycles. The van der Waals surface area contributed by atoms with Crippen LogP contribution in [0.3, 0.4) is 0 Å². The first-order chi connectivity index (χ1) is 9.09. The molecule has 4 heteroatoms. The SMILES string of the molecule is CN1c2ccccc2N(C)C1c1ccc(O)cc1O. The summed E-state index contributed by atoms with van der Waals surface area (Å²) >= 11 is 0. The summed E-state index contributed by atoms with van der Waals surface area (Å²) in [6.07, 6.45) is -0.0713. The molecule has 19 heavy (non-hydrogen) atoms. The van der Waals surface area contributed by atoms with Gasteiger partial charge in [-0.15, -0.1) is 0 Å². The minimum absolute atomic E-state index is 0.0713. The highest BCUT2D eigenvalue weighted by molar-refractivity contribution is 5.78. The Morgan fingerprint density at radius 3 is 2.00 bits per heavy atom. The average Bonchev–Trinajstić information content (AvgIpc) is 2.64. The van der Waals surface area contributed by atoms with Gasteiger partial charge in [0.25, 0.3) is 0 Å². The number of para-hydroxylation sites is 2. The van der Waals surface area contributed by atoms with Gasteiger partial charge in [0.1, 0.15) is 17.7 Å². The van der Waals surface area contributed by atoms with Gasteiger partial charge in [0, 0.05) is 25.7 Å². The predicted molar refractivity (Wildman–Crippen MR) is 75.8 cm³/mol. The number of fused-ring (bicyclic) bond motifs is 1. The summed E-state index contributed by atoms with van der Waals surface area (Å²) in [5.41, 5.74) is 3.03. The number of aromatic hydroxyl groups is 2. The van der Waals surface area contributed by atoms with Crippen molar-refractivity contribution in [1.29, 1.82) is 0 Å². The van der Waals surface area contributed by atoms with Crippen LogP contribution in [0.25, 0.3) is 0 Å². The molecular formula is C15H16N2O2. The smallest absolute Gasteiger partial charge is 0.131 e. The lowest BCUT2D eigenvalue weighted by atomic mass is 10.1. The second-order valence-electron chi connectivity index (χ2n) is 4.83. The van der Waals surface area contributed by atoms with E-state index in [2.05, 4.69) is 21.9 Å². The number of benzene rings is 2. The summed E-state index contributed by atoms with van der Waals surface area (Å²) in [5, 5.41) is 19.5.